The van der Waals surface area contributed by atoms with Gasteiger partial charge in [-0.3, -0.25) is 0 Å². The first-order valence-electron chi connectivity index (χ1n) is 30.4. The molecule has 16 heteroatoms. The van der Waals surface area contributed by atoms with Crippen LogP contribution in [-0.4, -0.2) is 57.3 Å². The summed E-state index contributed by atoms with van der Waals surface area (Å²) in [4.78, 5) is 27.8. The lowest BCUT2D eigenvalue weighted by molar-refractivity contribution is -0.650. The van der Waals surface area contributed by atoms with Crippen molar-refractivity contribution in [2.45, 2.75) is 20.8 Å². The Labute approximate surface area is 530 Å². The van der Waals surface area contributed by atoms with Gasteiger partial charge < -0.3 is 27.4 Å². The van der Waals surface area contributed by atoms with Crippen molar-refractivity contribution in [1.29, 1.82) is 0 Å². The molecule has 0 radical (unpaired) electrons. The van der Waals surface area contributed by atoms with Gasteiger partial charge in [0.2, 0.25) is 74.7 Å². The summed E-state index contributed by atoms with van der Waals surface area (Å²) >= 11 is 0. The van der Waals surface area contributed by atoms with Crippen LogP contribution in [0.25, 0.3) is 125 Å². The van der Waals surface area contributed by atoms with Crippen LogP contribution in [0.2, 0.25) is 0 Å². The Morgan fingerprint density at radius 3 is 0.934 bits per heavy atom. The highest BCUT2D eigenvalue weighted by molar-refractivity contribution is 5.82. The van der Waals surface area contributed by atoms with Gasteiger partial charge in [-0.15, -0.1) is 0 Å². The van der Waals surface area contributed by atoms with Gasteiger partial charge in [0.25, 0.3) is 0 Å². The maximum atomic E-state index is 4.86. The molecular formula is C75H76N16+4. The summed E-state index contributed by atoms with van der Waals surface area (Å²) < 4.78 is 21.3. The molecule has 452 valence electrons. The van der Waals surface area contributed by atoms with Gasteiger partial charge in [-0.05, 0) is 105 Å². The molecule has 0 fully saturated rings. The Kier molecular flexibility index (Phi) is 16.8. The van der Waals surface area contributed by atoms with E-state index in [-0.39, 0.29) is 0 Å². The van der Waals surface area contributed by atoms with Crippen molar-refractivity contribution in [2.24, 2.45) is 70.5 Å². The molecule has 0 aliphatic carbocycles. The summed E-state index contributed by atoms with van der Waals surface area (Å²) in [5.74, 6) is 5.77. The lowest BCUT2D eigenvalue weighted by atomic mass is 10.0. The number of imidazole rings is 6. The highest BCUT2D eigenvalue weighted by atomic mass is 15.2. The van der Waals surface area contributed by atoms with E-state index in [2.05, 4.69) is 260 Å². The minimum Gasteiger partial charge on any atom is -0.329 e. The number of aromatic nitrogens is 16. The molecular weight excluding hydrogens is 1120 g/mol. The molecule has 0 saturated carbocycles. The summed E-state index contributed by atoms with van der Waals surface area (Å²) in [7, 11) is 20.6. The zero-order chi connectivity index (χ0) is 63.6. The number of hydrogen-bond donors (Lipinski definition) is 0. The first-order chi connectivity index (χ1) is 44.1. The molecule has 15 aromatic rings. The molecule has 0 aliphatic rings. The van der Waals surface area contributed by atoms with Crippen LogP contribution in [0.5, 0.6) is 0 Å². The van der Waals surface area contributed by atoms with Crippen molar-refractivity contribution in [3.05, 3.63) is 242 Å². The van der Waals surface area contributed by atoms with Gasteiger partial charge in [0.1, 0.15) is 39.7 Å². The number of fused-ring (bicyclic) bond motifs is 3. The first-order valence-corrected chi connectivity index (χ1v) is 30.4. The number of hydrogen-bond acceptors (Lipinski definition) is 6. The maximum absolute atomic E-state index is 4.86. The topological polar surface area (TPSA) is 122 Å². The highest BCUT2D eigenvalue weighted by Gasteiger charge is 2.27. The molecule has 0 aliphatic heterocycles. The van der Waals surface area contributed by atoms with E-state index < -0.39 is 0 Å². The van der Waals surface area contributed by atoms with Crippen LogP contribution in [0.1, 0.15) is 17.0 Å². The van der Waals surface area contributed by atoms with Crippen molar-refractivity contribution in [1.82, 2.24) is 57.3 Å². The number of nitrogens with zero attached hydrogens (tertiary/aromatic N) is 16. The Morgan fingerprint density at radius 2 is 0.604 bits per heavy atom. The fourth-order valence-corrected chi connectivity index (χ4v) is 12.1. The summed E-state index contributed by atoms with van der Waals surface area (Å²) in [5, 5.41) is 0. The monoisotopic (exact) mass is 1200 g/mol. The number of para-hydroxylation sites is 6. The van der Waals surface area contributed by atoms with Gasteiger partial charge >= 0.3 is 0 Å². The van der Waals surface area contributed by atoms with E-state index in [0.29, 0.717) is 0 Å². The van der Waals surface area contributed by atoms with Gasteiger partial charge in [-0.1, -0.05) is 72.8 Å². The summed E-state index contributed by atoms with van der Waals surface area (Å²) in [6.07, 6.45) is 9.45. The molecule has 0 unspecified atom stereocenters. The van der Waals surface area contributed by atoms with Crippen LogP contribution in [0, 0.1) is 20.8 Å². The minimum atomic E-state index is 0.943. The third-order valence-corrected chi connectivity index (χ3v) is 17.4. The predicted molar refractivity (Wildman–Crippen MR) is 361 cm³/mol. The third-order valence-electron chi connectivity index (χ3n) is 17.4. The molecule has 15 rings (SSSR count). The van der Waals surface area contributed by atoms with E-state index in [1.807, 2.05) is 117 Å². The molecule has 16 nitrogen and oxygen atoms in total. The van der Waals surface area contributed by atoms with E-state index in [0.717, 1.165) is 102 Å². The molecule has 10 heterocycles. The lowest BCUT2D eigenvalue weighted by Crippen LogP contribution is -2.35. The van der Waals surface area contributed by atoms with Crippen LogP contribution in [0.15, 0.2) is 225 Å². The SMILES string of the molecule is Cc1ccccc1-c1cccc(-c2cnc(C)n2C)[n+]1C.Cc1ccccc1-c1cccc(-c2nc3ccccc3n2C)[n+]1C.Cn1c(-c2cccc(-c3nc4ccccc4n3C)[n+]2C)nc2ccccc21.Cn1ccnc1-c1cccc(-c2nccn2C)[n+]1C. The molecule has 10 aromatic heterocycles. The van der Waals surface area contributed by atoms with Crippen molar-refractivity contribution in [3.63, 3.8) is 0 Å². The molecule has 0 spiro atoms. The van der Waals surface area contributed by atoms with Gasteiger partial charge in [-0.25, -0.2) is 29.9 Å². The van der Waals surface area contributed by atoms with Crippen molar-refractivity contribution in [2.75, 3.05) is 0 Å². The molecule has 0 atom stereocenters. The zero-order valence-corrected chi connectivity index (χ0v) is 54.0. The second-order valence-corrected chi connectivity index (χ2v) is 23.0. The smallest absolute Gasteiger partial charge is 0.248 e. The van der Waals surface area contributed by atoms with E-state index >= 15 is 0 Å². The fourth-order valence-electron chi connectivity index (χ4n) is 12.1. The number of aryl methyl sites for hydroxylation is 8. The van der Waals surface area contributed by atoms with E-state index in [1.54, 1.807) is 0 Å². The summed E-state index contributed by atoms with van der Waals surface area (Å²) in [6.45, 7) is 6.32. The quantitative estimate of drug-likeness (QED) is 0.140. The van der Waals surface area contributed by atoms with Crippen LogP contribution in [-0.2, 0) is 70.5 Å². The molecule has 0 saturated heterocycles. The second kappa shape index (κ2) is 25.5. The van der Waals surface area contributed by atoms with E-state index in [1.165, 1.54) is 39.3 Å². The Balaban J connectivity index is 0.000000118. The van der Waals surface area contributed by atoms with Crippen molar-refractivity contribution >= 4 is 33.1 Å². The van der Waals surface area contributed by atoms with Crippen LogP contribution < -0.4 is 18.3 Å². The Hall–Kier alpha value is -11.3. The Bertz CT molecular complexity index is 4980. The predicted octanol–water partition coefficient (Wildman–Crippen LogP) is 12.2. The maximum Gasteiger partial charge on any atom is 0.248 e. The molecule has 0 bridgehead atoms. The van der Waals surface area contributed by atoms with E-state index in [4.69, 9.17) is 15.0 Å². The van der Waals surface area contributed by atoms with Gasteiger partial charge in [-0.2, -0.15) is 18.3 Å². The third kappa shape index (κ3) is 11.5. The first kappa shape index (κ1) is 60.0. The fraction of sp³-hybridized carbons (Fsp3) is 0.173. The molecule has 0 N–H and O–H groups in total. The van der Waals surface area contributed by atoms with Gasteiger partial charge in [0.05, 0.1) is 39.3 Å². The largest absolute Gasteiger partial charge is 0.329 e. The zero-order valence-electron chi connectivity index (χ0n) is 54.0. The van der Waals surface area contributed by atoms with Crippen LogP contribution in [0.3, 0.4) is 0 Å². The van der Waals surface area contributed by atoms with E-state index in [9.17, 15) is 0 Å². The molecule has 91 heavy (non-hydrogen) atoms. The second-order valence-electron chi connectivity index (χ2n) is 23.0. The lowest BCUT2D eigenvalue weighted by Gasteiger charge is -2.08. The normalized spacial score (nSPS) is 11.1. The van der Waals surface area contributed by atoms with Gasteiger partial charge in [0.15, 0.2) is 0 Å². The number of pyridine rings is 4. The number of rotatable bonds is 8. The van der Waals surface area contributed by atoms with Crippen LogP contribution >= 0.6 is 0 Å². The number of benzene rings is 5. The summed E-state index contributed by atoms with van der Waals surface area (Å²) in [6, 6.07) is 66.9. The van der Waals surface area contributed by atoms with Crippen molar-refractivity contribution in [3.8, 4) is 91.5 Å². The van der Waals surface area contributed by atoms with Crippen molar-refractivity contribution < 1.29 is 18.3 Å². The van der Waals surface area contributed by atoms with Crippen LogP contribution in [0.4, 0.5) is 0 Å². The molecule has 5 aromatic carbocycles. The molecule has 0 amide bonds. The van der Waals surface area contributed by atoms with Gasteiger partial charge in [0, 0.05) is 127 Å². The minimum absolute atomic E-state index is 0.943. The average Bonchev–Trinajstić information content (AvgIpc) is 2.54. The highest BCUT2D eigenvalue weighted by Crippen LogP contribution is 2.29. The summed E-state index contributed by atoms with van der Waals surface area (Å²) in [5.41, 5.74) is 21.5. The average molecular weight is 1200 g/mol. The standard InChI is InChI=1S/C22H20N5.C21H20N3.C18H20N3.C14H16N5/c1-25-19(21-23-15-9-4-6-11-17(15)26(21)2)13-8-14-20(25)22-24-16-10-5-7-12-18(16)27(22)3;1-15-9-4-5-10-16(15)18-13-8-14-20(23(18)2)21-22-17-11-6-7-12-19(17)24(21)3;1-13-8-5-6-9-15(13)16-10-7-11-17(21(16)4)18-12-19-14(2)20(18)3;1-17-9-7-15-13(17)11-5-4-6-12(19(11)3)14-16-8-10-18(14)2/h4-14H,1-3H3;4-14H,1-3H3;5-12H,1-4H3;4-10H,1-3H3/q4*+1. The Morgan fingerprint density at radius 1 is 0.297 bits per heavy atom.